The summed E-state index contributed by atoms with van der Waals surface area (Å²) in [6.07, 6.45) is 0. The van der Waals surface area contributed by atoms with E-state index in [-0.39, 0.29) is 5.56 Å². The third-order valence-electron chi connectivity index (χ3n) is 4.09. The van der Waals surface area contributed by atoms with Crippen LogP contribution < -0.4 is 10.9 Å². The number of hydrogen-bond donors (Lipinski definition) is 2. The van der Waals surface area contributed by atoms with Crippen molar-refractivity contribution in [1.29, 1.82) is 0 Å². The van der Waals surface area contributed by atoms with Crippen LogP contribution in [0.15, 0.2) is 65.5 Å². The summed E-state index contributed by atoms with van der Waals surface area (Å²) in [4.78, 5) is 27.5. The van der Waals surface area contributed by atoms with Crippen LogP contribution in [0.25, 0.3) is 11.3 Å². The van der Waals surface area contributed by atoms with Crippen LogP contribution in [0, 0.1) is 13.8 Å². The van der Waals surface area contributed by atoms with Gasteiger partial charge in [-0.3, -0.25) is 9.59 Å². The standard InChI is InChI=1S/C20H18N2O2/c1-13-7-6-10-17(14(13)2)21-19(23)16-11-12-18(22-20(16)24)15-8-4-3-5-9-15/h3-12H,1-2H3,(H,21,23)(H,22,24). The zero-order valence-electron chi connectivity index (χ0n) is 13.6. The van der Waals surface area contributed by atoms with Crippen molar-refractivity contribution in [3.8, 4) is 11.3 Å². The predicted molar refractivity (Wildman–Crippen MR) is 96.4 cm³/mol. The number of hydrogen-bond acceptors (Lipinski definition) is 2. The van der Waals surface area contributed by atoms with Crippen LogP contribution in [0.3, 0.4) is 0 Å². The molecule has 0 spiro atoms. The highest BCUT2D eigenvalue weighted by molar-refractivity contribution is 6.04. The lowest BCUT2D eigenvalue weighted by molar-refractivity contribution is 0.102. The van der Waals surface area contributed by atoms with Crippen molar-refractivity contribution in [2.24, 2.45) is 0 Å². The monoisotopic (exact) mass is 318 g/mol. The van der Waals surface area contributed by atoms with Crippen LogP contribution in [-0.4, -0.2) is 10.9 Å². The minimum Gasteiger partial charge on any atom is -0.322 e. The Morgan fingerprint density at radius 3 is 2.38 bits per heavy atom. The largest absolute Gasteiger partial charge is 0.322 e. The van der Waals surface area contributed by atoms with E-state index in [0.717, 1.165) is 16.7 Å². The molecule has 0 saturated heterocycles. The van der Waals surface area contributed by atoms with E-state index < -0.39 is 11.5 Å². The molecule has 0 aliphatic rings. The van der Waals surface area contributed by atoms with Crippen LogP contribution in [0.4, 0.5) is 5.69 Å². The normalized spacial score (nSPS) is 10.4. The van der Waals surface area contributed by atoms with Crippen molar-refractivity contribution in [1.82, 2.24) is 4.98 Å². The van der Waals surface area contributed by atoms with Crippen molar-refractivity contribution in [3.05, 3.63) is 87.7 Å². The molecule has 4 heteroatoms. The zero-order valence-corrected chi connectivity index (χ0v) is 13.6. The summed E-state index contributed by atoms with van der Waals surface area (Å²) in [5.41, 5.74) is 4.06. The SMILES string of the molecule is Cc1cccc(NC(=O)c2ccc(-c3ccccc3)[nH]c2=O)c1C. The number of benzene rings is 2. The van der Waals surface area contributed by atoms with Crippen LogP contribution >= 0.6 is 0 Å². The highest BCUT2D eigenvalue weighted by atomic mass is 16.2. The average molecular weight is 318 g/mol. The maximum atomic E-state index is 12.4. The van der Waals surface area contributed by atoms with Gasteiger partial charge in [0.1, 0.15) is 5.56 Å². The Kier molecular flexibility index (Phi) is 4.29. The summed E-state index contributed by atoms with van der Waals surface area (Å²) in [5.74, 6) is -0.412. The second kappa shape index (κ2) is 6.54. The second-order valence-electron chi connectivity index (χ2n) is 5.68. The zero-order chi connectivity index (χ0) is 17.1. The lowest BCUT2D eigenvalue weighted by Crippen LogP contribution is -2.23. The Bertz CT molecular complexity index is 943. The van der Waals surface area contributed by atoms with Crippen molar-refractivity contribution in [2.45, 2.75) is 13.8 Å². The maximum Gasteiger partial charge on any atom is 0.261 e. The van der Waals surface area contributed by atoms with Gasteiger partial charge < -0.3 is 10.3 Å². The van der Waals surface area contributed by atoms with E-state index in [1.165, 1.54) is 0 Å². The van der Waals surface area contributed by atoms with E-state index in [1.54, 1.807) is 12.1 Å². The van der Waals surface area contributed by atoms with E-state index >= 15 is 0 Å². The Morgan fingerprint density at radius 2 is 1.67 bits per heavy atom. The Morgan fingerprint density at radius 1 is 0.917 bits per heavy atom. The summed E-state index contributed by atoms with van der Waals surface area (Å²) in [5, 5.41) is 2.81. The summed E-state index contributed by atoms with van der Waals surface area (Å²) >= 11 is 0. The van der Waals surface area contributed by atoms with Crippen molar-refractivity contribution in [2.75, 3.05) is 5.32 Å². The van der Waals surface area contributed by atoms with Gasteiger partial charge in [-0.05, 0) is 48.7 Å². The number of aryl methyl sites for hydroxylation is 1. The number of rotatable bonds is 3. The first-order valence-corrected chi connectivity index (χ1v) is 7.72. The average Bonchev–Trinajstić information content (AvgIpc) is 2.59. The highest BCUT2D eigenvalue weighted by Gasteiger charge is 2.13. The number of H-pyrrole nitrogens is 1. The third-order valence-corrected chi connectivity index (χ3v) is 4.09. The molecule has 1 heterocycles. The Hall–Kier alpha value is -3.14. The summed E-state index contributed by atoms with van der Waals surface area (Å²) in [6.45, 7) is 3.92. The summed E-state index contributed by atoms with van der Waals surface area (Å²) < 4.78 is 0. The number of carbonyl (C=O) groups excluding carboxylic acids is 1. The number of aromatic amines is 1. The molecule has 120 valence electrons. The first kappa shape index (κ1) is 15.7. The molecule has 0 fully saturated rings. The molecule has 3 rings (SSSR count). The van der Waals surface area contributed by atoms with Gasteiger partial charge in [-0.1, -0.05) is 42.5 Å². The fourth-order valence-electron chi connectivity index (χ4n) is 2.51. The first-order valence-electron chi connectivity index (χ1n) is 7.72. The summed E-state index contributed by atoms with van der Waals surface area (Å²) in [7, 11) is 0. The van der Waals surface area contributed by atoms with Crippen LogP contribution in [0.1, 0.15) is 21.5 Å². The third kappa shape index (κ3) is 3.13. The summed E-state index contributed by atoms with van der Waals surface area (Å²) in [6, 6.07) is 18.5. The van der Waals surface area contributed by atoms with Gasteiger partial charge in [0.25, 0.3) is 11.5 Å². The van der Waals surface area contributed by atoms with Crippen molar-refractivity contribution < 1.29 is 4.79 Å². The van der Waals surface area contributed by atoms with Gasteiger partial charge in [0, 0.05) is 11.4 Å². The Labute approximate surface area is 140 Å². The van der Waals surface area contributed by atoms with Gasteiger partial charge in [-0.25, -0.2) is 0 Å². The molecule has 1 aromatic heterocycles. The van der Waals surface area contributed by atoms with Gasteiger partial charge >= 0.3 is 0 Å². The number of pyridine rings is 1. The fourth-order valence-corrected chi connectivity index (χ4v) is 2.51. The Balaban J connectivity index is 1.88. The molecule has 0 radical (unpaired) electrons. The molecular weight excluding hydrogens is 300 g/mol. The molecule has 0 unspecified atom stereocenters. The smallest absolute Gasteiger partial charge is 0.261 e. The van der Waals surface area contributed by atoms with Crippen LogP contribution in [0.2, 0.25) is 0 Å². The number of nitrogens with one attached hydrogen (secondary N) is 2. The molecule has 4 nitrogen and oxygen atoms in total. The molecule has 0 atom stereocenters. The molecule has 2 N–H and O–H groups in total. The number of carbonyl (C=O) groups is 1. The van der Waals surface area contributed by atoms with Crippen molar-refractivity contribution in [3.63, 3.8) is 0 Å². The highest BCUT2D eigenvalue weighted by Crippen LogP contribution is 2.19. The number of anilines is 1. The van der Waals surface area contributed by atoms with E-state index in [9.17, 15) is 9.59 Å². The quantitative estimate of drug-likeness (QED) is 0.769. The molecule has 0 bridgehead atoms. The lowest BCUT2D eigenvalue weighted by Gasteiger charge is -2.10. The van der Waals surface area contributed by atoms with E-state index in [0.29, 0.717) is 11.4 Å². The fraction of sp³-hybridized carbons (Fsp3) is 0.100. The molecular formula is C20H18N2O2. The molecule has 0 saturated carbocycles. The minimum atomic E-state index is -0.412. The number of amides is 1. The minimum absolute atomic E-state index is 0.0931. The van der Waals surface area contributed by atoms with Crippen molar-refractivity contribution >= 4 is 11.6 Å². The van der Waals surface area contributed by atoms with Crippen LogP contribution in [-0.2, 0) is 0 Å². The van der Waals surface area contributed by atoms with Gasteiger partial charge in [-0.2, -0.15) is 0 Å². The molecule has 3 aromatic rings. The van der Waals surface area contributed by atoms with E-state index in [4.69, 9.17) is 0 Å². The predicted octanol–water partition coefficient (Wildman–Crippen LogP) is 3.91. The number of aromatic nitrogens is 1. The topological polar surface area (TPSA) is 62.0 Å². The van der Waals surface area contributed by atoms with Gasteiger partial charge in [0.05, 0.1) is 0 Å². The van der Waals surface area contributed by atoms with Gasteiger partial charge in [0.15, 0.2) is 0 Å². The second-order valence-corrected chi connectivity index (χ2v) is 5.68. The van der Waals surface area contributed by atoms with E-state index in [2.05, 4.69) is 10.3 Å². The molecule has 0 aliphatic heterocycles. The van der Waals surface area contributed by atoms with E-state index in [1.807, 2.05) is 62.4 Å². The van der Waals surface area contributed by atoms with Gasteiger partial charge in [0.2, 0.25) is 0 Å². The molecule has 1 amide bonds. The lowest BCUT2D eigenvalue weighted by atomic mass is 10.1. The maximum absolute atomic E-state index is 12.4. The molecule has 0 aliphatic carbocycles. The molecule has 24 heavy (non-hydrogen) atoms. The van der Waals surface area contributed by atoms with Crippen LogP contribution in [0.5, 0.6) is 0 Å². The first-order chi connectivity index (χ1) is 11.6. The van der Waals surface area contributed by atoms with Gasteiger partial charge in [-0.15, -0.1) is 0 Å². The molecule has 2 aromatic carbocycles.